The number of hydrogen-bond acceptors (Lipinski definition) is 1. The first-order valence-electron chi connectivity index (χ1n) is 4.10. The number of nitrogens with zero attached hydrogens (tertiary/aromatic N) is 1. The van der Waals surface area contributed by atoms with E-state index >= 15 is 0 Å². The summed E-state index contributed by atoms with van der Waals surface area (Å²) in [6, 6.07) is 3.34. The molecule has 0 radical (unpaired) electrons. The molecule has 0 spiro atoms. The minimum atomic E-state index is -4.67. The van der Waals surface area contributed by atoms with Crippen molar-refractivity contribution in [2.75, 3.05) is 0 Å². The normalized spacial score (nSPS) is 11.7. The number of halogens is 3. The molecule has 1 heterocycles. The summed E-state index contributed by atoms with van der Waals surface area (Å²) in [4.78, 5) is 3.92. The van der Waals surface area contributed by atoms with Crippen molar-refractivity contribution in [2.24, 2.45) is 0 Å². The van der Waals surface area contributed by atoms with Crippen molar-refractivity contribution in [1.29, 1.82) is 0 Å². The average molecular weight is 188 g/mol. The SMILES string of the molecule is Cc1ncccc1CC[B-](F)(F)F. The third-order valence-electron chi connectivity index (χ3n) is 1.86. The Labute approximate surface area is 75.0 Å². The van der Waals surface area contributed by atoms with Crippen LogP contribution in [0.5, 0.6) is 0 Å². The van der Waals surface area contributed by atoms with Crippen LogP contribution in [0.15, 0.2) is 18.3 Å². The maximum absolute atomic E-state index is 11.9. The predicted octanol–water partition coefficient (Wildman–Crippen LogP) is 2.78. The zero-order chi connectivity index (χ0) is 9.90. The lowest BCUT2D eigenvalue weighted by atomic mass is 9.82. The molecule has 1 nitrogen and oxygen atoms in total. The molecule has 0 aliphatic heterocycles. The summed E-state index contributed by atoms with van der Waals surface area (Å²) in [6.07, 6.45) is 0.910. The second-order valence-electron chi connectivity index (χ2n) is 3.00. The lowest BCUT2D eigenvalue weighted by Crippen LogP contribution is -2.15. The van der Waals surface area contributed by atoms with Crippen LogP contribution in [0.2, 0.25) is 6.32 Å². The molecular weight excluding hydrogens is 178 g/mol. The van der Waals surface area contributed by atoms with Gasteiger partial charge in [0.1, 0.15) is 0 Å². The van der Waals surface area contributed by atoms with Crippen molar-refractivity contribution < 1.29 is 12.9 Å². The highest BCUT2D eigenvalue weighted by Crippen LogP contribution is 2.18. The quantitative estimate of drug-likeness (QED) is 0.664. The van der Waals surface area contributed by atoms with Gasteiger partial charge < -0.3 is 12.9 Å². The summed E-state index contributed by atoms with van der Waals surface area (Å²) in [6.45, 7) is -2.95. The van der Waals surface area contributed by atoms with Gasteiger partial charge in [-0.2, -0.15) is 0 Å². The molecule has 0 aliphatic carbocycles. The molecule has 0 unspecified atom stereocenters. The minimum absolute atomic E-state index is 0.0448. The average Bonchev–Trinajstić information content (AvgIpc) is 2.01. The van der Waals surface area contributed by atoms with E-state index in [0.29, 0.717) is 11.3 Å². The van der Waals surface area contributed by atoms with Crippen molar-refractivity contribution in [3.8, 4) is 0 Å². The highest BCUT2D eigenvalue weighted by atomic mass is 19.4. The summed E-state index contributed by atoms with van der Waals surface area (Å²) < 4.78 is 35.7. The van der Waals surface area contributed by atoms with Gasteiger partial charge in [-0.05, 0) is 25.0 Å². The van der Waals surface area contributed by atoms with Crippen LogP contribution in [0.25, 0.3) is 0 Å². The number of aromatic nitrogens is 1. The largest absolute Gasteiger partial charge is 0.478 e. The van der Waals surface area contributed by atoms with Gasteiger partial charge in [0.05, 0.1) is 0 Å². The Hall–Kier alpha value is -0.995. The van der Waals surface area contributed by atoms with Crippen LogP contribution in [0.4, 0.5) is 12.9 Å². The van der Waals surface area contributed by atoms with E-state index in [1.165, 1.54) is 0 Å². The molecular formula is C8H10BF3N-. The Kier molecular flexibility index (Phi) is 2.96. The van der Waals surface area contributed by atoms with E-state index in [0.717, 1.165) is 0 Å². The summed E-state index contributed by atoms with van der Waals surface area (Å²) in [7, 11) is 0. The molecule has 0 aromatic carbocycles. The lowest BCUT2D eigenvalue weighted by Gasteiger charge is -2.13. The van der Waals surface area contributed by atoms with Gasteiger partial charge in [-0.25, -0.2) is 0 Å². The molecule has 5 heteroatoms. The van der Waals surface area contributed by atoms with E-state index in [9.17, 15) is 12.9 Å². The van der Waals surface area contributed by atoms with Crippen molar-refractivity contribution in [2.45, 2.75) is 19.7 Å². The van der Waals surface area contributed by atoms with Crippen molar-refractivity contribution in [1.82, 2.24) is 4.98 Å². The van der Waals surface area contributed by atoms with E-state index in [1.807, 2.05) is 0 Å². The molecule has 0 atom stereocenters. The van der Waals surface area contributed by atoms with Gasteiger partial charge >= 0.3 is 6.98 Å². The third-order valence-corrected chi connectivity index (χ3v) is 1.86. The van der Waals surface area contributed by atoms with Gasteiger partial charge in [-0.3, -0.25) is 4.98 Å². The number of pyridine rings is 1. The molecule has 0 saturated carbocycles. The Bertz CT molecular complexity index is 285. The minimum Gasteiger partial charge on any atom is -0.449 e. The van der Waals surface area contributed by atoms with Crippen LogP contribution >= 0.6 is 0 Å². The Balaban J connectivity index is 2.60. The van der Waals surface area contributed by atoms with E-state index in [4.69, 9.17) is 0 Å². The maximum Gasteiger partial charge on any atom is 0.478 e. The molecule has 0 bridgehead atoms. The summed E-state index contributed by atoms with van der Waals surface area (Å²) in [5.41, 5.74) is 1.37. The van der Waals surface area contributed by atoms with E-state index < -0.39 is 13.3 Å². The third kappa shape index (κ3) is 3.48. The van der Waals surface area contributed by atoms with Gasteiger partial charge in [0.15, 0.2) is 0 Å². The van der Waals surface area contributed by atoms with Crippen LogP contribution in [0, 0.1) is 6.92 Å². The second kappa shape index (κ2) is 3.81. The van der Waals surface area contributed by atoms with Crippen LogP contribution < -0.4 is 0 Å². The van der Waals surface area contributed by atoms with Crippen molar-refractivity contribution >= 4 is 6.98 Å². The Morgan fingerprint density at radius 2 is 2.08 bits per heavy atom. The molecule has 0 saturated heterocycles. The topological polar surface area (TPSA) is 12.9 Å². The van der Waals surface area contributed by atoms with E-state index in [-0.39, 0.29) is 6.42 Å². The zero-order valence-corrected chi connectivity index (χ0v) is 7.30. The molecule has 1 rings (SSSR count). The highest BCUT2D eigenvalue weighted by Gasteiger charge is 2.22. The first kappa shape index (κ1) is 10.1. The van der Waals surface area contributed by atoms with Gasteiger partial charge in [0, 0.05) is 11.9 Å². The summed E-state index contributed by atoms with van der Waals surface area (Å²) in [5, 5.41) is 0. The van der Waals surface area contributed by atoms with Gasteiger partial charge in [0.2, 0.25) is 0 Å². The van der Waals surface area contributed by atoms with Crippen LogP contribution in [0.3, 0.4) is 0 Å². The van der Waals surface area contributed by atoms with E-state index in [2.05, 4.69) is 4.98 Å². The number of hydrogen-bond donors (Lipinski definition) is 0. The first-order valence-corrected chi connectivity index (χ1v) is 4.10. The highest BCUT2D eigenvalue weighted by molar-refractivity contribution is 6.58. The van der Waals surface area contributed by atoms with Crippen LogP contribution in [-0.4, -0.2) is 12.0 Å². The second-order valence-corrected chi connectivity index (χ2v) is 3.00. The van der Waals surface area contributed by atoms with Crippen LogP contribution in [-0.2, 0) is 6.42 Å². The monoisotopic (exact) mass is 188 g/mol. The van der Waals surface area contributed by atoms with Crippen molar-refractivity contribution in [3.63, 3.8) is 0 Å². The fraction of sp³-hybridized carbons (Fsp3) is 0.375. The van der Waals surface area contributed by atoms with Gasteiger partial charge in [-0.15, -0.1) is 0 Å². The molecule has 0 aliphatic rings. The molecule has 1 aromatic heterocycles. The van der Waals surface area contributed by atoms with Crippen molar-refractivity contribution in [3.05, 3.63) is 29.6 Å². The molecule has 0 amide bonds. The lowest BCUT2D eigenvalue weighted by molar-refractivity contribution is 0.467. The Morgan fingerprint density at radius 1 is 1.38 bits per heavy atom. The number of aryl methyl sites for hydroxylation is 2. The molecule has 0 fully saturated rings. The molecule has 13 heavy (non-hydrogen) atoms. The Morgan fingerprint density at radius 3 is 2.62 bits per heavy atom. The summed E-state index contributed by atoms with van der Waals surface area (Å²) in [5.74, 6) is 0. The first-order chi connectivity index (χ1) is 5.99. The zero-order valence-electron chi connectivity index (χ0n) is 7.30. The fourth-order valence-electron chi connectivity index (χ4n) is 1.10. The summed E-state index contributed by atoms with van der Waals surface area (Å²) >= 11 is 0. The number of rotatable bonds is 3. The smallest absolute Gasteiger partial charge is 0.449 e. The fourth-order valence-corrected chi connectivity index (χ4v) is 1.10. The standard InChI is InChI=1S/C8H10BF3N/c1-7-8(3-2-6-13-7)4-5-9(10,11)12/h2-3,6H,4-5H2,1H3/q-1. The predicted molar refractivity (Wildman–Crippen MR) is 46.6 cm³/mol. The van der Waals surface area contributed by atoms with Crippen LogP contribution in [0.1, 0.15) is 11.3 Å². The molecule has 0 N–H and O–H groups in total. The molecule has 72 valence electrons. The van der Waals surface area contributed by atoms with Gasteiger partial charge in [-0.1, -0.05) is 12.4 Å². The molecule has 1 aromatic rings. The van der Waals surface area contributed by atoms with E-state index in [1.54, 1.807) is 25.3 Å². The maximum atomic E-state index is 11.9. The van der Waals surface area contributed by atoms with Gasteiger partial charge in [0.25, 0.3) is 0 Å².